The van der Waals surface area contributed by atoms with Crippen LogP contribution in [0.1, 0.15) is 30.1 Å². The van der Waals surface area contributed by atoms with Crippen molar-refractivity contribution in [1.82, 2.24) is 10.2 Å². The summed E-state index contributed by atoms with van der Waals surface area (Å²) in [5.74, 6) is 0.861. The van der Waals surface area contributed by atoms with Gasteiger partial charge in [-0.15, -0.1) is 17.0 Å². The van der Waals surface area contributed by atoms with Crippen molar-refractivity contribution in [3.63, 3.8) is 0 Å². The number of carbonyl (C=O) groups is 1. The molecule has 1 fully saturated rings. The van der Waals surface area contributed by atoms with E-state index in [1.165, 1.54) is 6.42 Å². The Hall–Kier alpha value is -0.790. The lowest BCUT2D eigenvalue weighted by Crippen LogP contribution is -2.40. The highest BCUT2D eigenvalue weighted by atomic mass is 79.9. The first-order valence-corrected chi connectivity index (χ1v) is 8.33. The molecule has 7 heteroatoms. The van der Waals surface area contributed by atoms with Crippen molar-refractivity contribution in [3.05, 3.63) is 22.2 Å². The number of nitrogens with one attached hydrogen (secondary N) is 1. The zero-order valence-electron chi connectivity index (χ0n) is 13.7. The number of carbonyl (C=O) groups excluding carboxylic acids is 1. The van der Waals surface area contributed by atoms with Gasteiger partial charge in [-0.2, -0.15) is 0 Å². The van der Waals surface area contributed by atoms with E-state index in [1.54, 1.807) is 26.4 Å². The van der Waals surface area contributed by atoms with Crippen LogP contribution >= 0.6 is 32.9 Å². The molecule has 0 bridgehead atoms. The molecule has 0 radical (unpaired) electrons. The third kappa shape index (κ3) is 4.84. The molecule has 5 nitrogen and oxygen atoms in total. The first-order valence-electron chi connectivity index (χ1n) is 7.54. The lowest BCUT2D eigenvalue weighted by molar-refractivity contribution is 0.0937. The number of methoxy groups -OCH3 is 2. The summed E-state index contributed by atoms with van der Waals surface area (Å²) in [4.78, 5) is 14.9. The summed E-state index contributed by atoms with van der Waals surface area (Å²) in [7, 11) is 3.10. The number of halogens is 2. The van der Waals surface area contributed by atoms with Crippen LogP contribution in [0.3, 0.4) is 0 Å². The maximum atomic E-state index is 12.5. The van der Waals surface area contributed by atoms with Crippen LogP contribution in [0.15, 0.2) is 16.6 Å². The molecule has 1 aliphatic rings. The van der Waals surface area contributed by atoms with Gasteiger partial charge in [0.25, 0.3) is 5.91 Å². The van der Waals surface area contributed by atoms with Crippen molar-refractivity contribution in [2.24, 2.45) is 0 Å². The first-order chi connectivity index (χ1) is 10.6. The van der Waals surface area contributed by atoms with E-state index >= 15 is 0 Å². The number of hydrogen-bond donors (Lipinski definition) is 1. The van der Waals surface area contributed by atoms with Gasteiger partial charge in [0.05, 0.1) is 19.8 Å². The molecule has 1 N–H and O–H groups in total. The lowest BCUT2D eigenvalue weighted by Gasteiger charge is -2.23. The Balaban J connectivity index is 0.00000264. The van der Waals surface area contributed by atoms with Gasteiger partial charge in [0.2, 0.25) is 0 Å². The van der Waals surface area contributed by atoms with Crippen molar-refractivity contribution >= 4 is 38.8 Å². The summed E-state index contributed by atoms with van der Waals surface area (Å²) in [6.45, 7) is 4.95. The van der Waals surface area contributed by atoms with Crippen LogP contribution < -0.4 is 14.8 Å². The molecular weight excluding hydrogens is 428 g/mol. The molecule has 1 aromatic carbocycles. The third-order valence-electron chi connectivity index (χ3n) is 4.09. The Kier molecular flexibility index (Phi) is 8.36. The smallest absolute Gasteiger partial charge is 0.255 e. The average molecular weight is 452 g/mol. The normalized spacial score (nSPS) is 17.5. The van der Waals surface area contributed by atoms with Gasteiger partial charge in [-0.3, -0.25) is 9.69 Å². The van der Waals surface area contributed by atoms with Gasteiger partial charge in [-0.1, -0.05) is 22.9 Å². The Morgan fingerprint density at radius 3 is 2.74 bits per heavy atom. The molecule has 1 unspecified atom stereocenters. The largest absolute Gasteiger partial charge is 0.493 e. The van der Waals surface area contributed by atoms with Crippen LogP contribution in [0, 0.1) is 0 Å². The molecule has 1 saturated heterocycles. The number of rotatable bonds is 6. The van der Waals surface area contributed by atoms with Gasteiger partial charge in [-0.25, -0.2) is 0 Å². The van der Waals surface area contributed by atoms with Crippen LogP contribution in [0.2, 0.25) is 0 Å². The molecule has 0 saturated carbocycles. The highest BCUT2D eigenvalue weighted by Gasteiger charge is 2.24. The number of likely N-dealkylation sites (tertiary alicyclic amines) is 1. The second-order valence-electron chi connectivity index (χ2n) is 5.32. The van der Waals surface area contributed by atoms with Gasteiger partial charge < -0.3 is 14.8 Å². The molecular formula is C16H24Br2N2O3. The van der Waals surface area contributed by atoms with Gasteiger partial charge in [-0.05, 0) is 38.1 Å². The molecule has 0 aromatic heterocycles. The quantitative estimate of drug-likeness (QED) is 0.721. The van der Waals surface area contributed by atoms with E-state index in [0.29, 0.717) is 29.6 Å². The van der Waals surface area contributed by atoms with E-state index < -0.39 is 0 Å². The number of hydrogen-bond acceptors (Lipinski definition) is 4. The Morgan fingerprint density at radius 1 is 1.39 bits per heavy atom. The van der Waals surface area contributed by atoms with Crippen LogP contribution in [0.5, 0.6) is 11.5 Å². The van der Waals surface area contributed by atoms with E-state index in [4.69, 9.17) is 9.47 Å². The van der Waals surface area contributed by atoms with Gasteiger partial charge in [0.1, 0.15) is 0 Å². The van der Waals surface area contributed by atoms with E-state index in [9.17, 15) is 4.79 Å². The second kappa shape index (κ2) is 9.49. The number of benzene rings is 1. The Morgan fingerprint density at radius 2 is 2.13 bits per heavy atom. The molecule has 1 heterocycles. The van der Waals surface area contributed by atoms with Crippen molar-refractivity contribution in [2.45, 2.75) is 25.8 Å². The average Bonchev–Trinajstić information content (AvgIpc) is 2.99. The zero-order chi connectivity index (χ0) is 16.1. The summed E-state index contributed by atoms with van der Waals surface area (Å²) in [5, 5.41) is 3.02. The number of nitrogens with zero attached hydrogens (tertiary/aromatic N) is 1. The topological polar surface area (TPSA) is 50.8 Å². The van der Waals surface area contributed by atoms with Crippen molar-refractivity contribution in [1.29, 1.82) is 0 Å². The second-order valence-corrected chi connectivity index (χ2v) is 6.24. The summed E-state index contributed by atoms with van der Waals surface area (Å²) < 4.78 is 11.4. The summed E-state index contributed by atoms with van der Waals surface area (Å²) in [6.07, 6.45) is 2.33. The minimum Gasteiger partial charge on any atom is -0.493 e. The SMILES string of the molecule is Br.CCN1CCCC1CNC(=O)c1cc(Br)cc(OC)c1OC. The van der Waals surface area contributed by atoms with Crippen LogP contribution in [0.25, 0.3) is 0 Å². The molecule has 1 amide bonds. The van der Waals surface area contributed by atoms with Crippen LogP contribution in [-0.2, 0) is 0 Å². The molecule has 1 aromatic rings. The number of amides is 1. The molecule has 1 atom stereocenters. The summed E-state index contributed by atoms with van der Waals surface area (Å²) >= 11 is 3.40. The van der Waals surface area contributed by atoms with E-state index in [2.05, 4.69) is 33.1 Å². The fraction of sp³-hybridized carbons (Fsp3) is 0.562. The number of likely N-dealkylation sites (N-methyl/N-ethyl adjacent to an activating group) is 1. The fourth-order valence-electron chi connectivity index (χ4n) is 2.95. The minimum atomic E-state index is -0.139. The zero-order valence-corrected chi connectivity index (χ0v) is 17.0. The number of ether oxygens (including phenoxy) is 2. The fourth-order valence-corrected chi connectivity index (χ4v) is 3.38. The molecule has 0 aliphatic carbocycles. The third-order valence-corrected chi connectivity index (χ3v) is 4.55. The van der Waals surface area contributed by atoms with E-state index in [1.807, 2.05) is 0 Å². The maximum absolute atomic E-state index is 12.5. The summed E-state index contributed by atoms with van der Waals surface area (Å²) in [5.41, 5.74) is 0.481. The van der Waals surface area contributed by atoms with E-state index in [-0.39, 0.29) is 22.9 Å². The minimum absolute atomic E-state index is 0. The molecule has 2 rings (SSSR count). The van der Waals surface area contributed by atoms with E-state index in [0.717, 1.165) is 24.0 Å². The van der Waals surface area contributed by atoms with Gasteiger partial charge in [0.15, 0.2) is 11.5 Å². The summed E-state index contributed by atoms with van der Waals surface area (Å²) in [6, 6.07) is 3.96. The lowest BCUT2D eigenvalue weighted by atomic mass is 10.1. The highest BCUT2D eigenvalue weighted by Crippen LogP contribution is 2.34. The first kappa shape index (κ1) is 20.3. The van der Waals surface area contributed by atoms with Gasteiger partial charge >= 0.3 is 0 Å². The van der Waals surface area contributed by atoms with Crippen molar-refractivity contribution in [3.8, 4) is 11.5 Å². The Labute approximate surface area is 156 Å². The van der Waals surface area contributed by atoms with Crippen molar-refractivity contribution < 1.29 is 14.3 Å². The highest BCUT2D eigenvalue weighted by molar-refractivity contribution is 9.10. The molecule has 130 valence electrons. The maximum Gasteiger partial charge on any atom is 0.255 e. The van der Waals surface area contributed by atoms with Crippen LogP contribution in [-0.4, -0.2) is 50.7 Å². The van der Waals surface area contributed by atoms with Gasteiger partial charge in [0, 0.05) is 17.1 Å². The Bertz CT molecular complexity index is 540. The monoisotopic (exact) mass is 450 g/mol. The standard InChI is InChI=1S/C16H23BrN2O3.BrH/c1-4-19-7-5-6-12(19)10-18-16(20)13-8-11(17)9-14(21-2)15(13)22-3;/h8-9,12H,4-7,10H2,1-3H3,(H,18,20);1H. The van der Waals surface area contributed by atoms with Crippen LogP contribution in [0.4, 0.5) is 0 Å². The molecule has 23 heavy (non-hydrogen) atoms. The molecule has 1 aliphatic heterocycles. The predicted octanol–water partition coefficient (Wildman–Crippen LogP) is 3.26. The van der Waals surface area contributed by atoms with Crippen molar-refractivity contribution in [2.75, 3.05) is 33.9 Å². The molecule has 0 spiro atoms. The predicted molar refractivity (Wildman–Crippen MR) is 100 cm³/mol.